The molecule has 11 heavy (non-hydrogen) atoms. The van der Waals surface area contributed by atoms with Crippen LogP contribution in [0, 0.1) is 17.8 Å². The molecule has 0 radical (unpaired) electrons. The summed E-state index contributed by atoms with van der Waals surface area (Å²) in [5.74, 6) is 2.43. The van der Waals surface area contributed by atoms with Gasteiger partial charge < -0.3 is 5.73 Å². The van der Waals surface area contributed by atoms with Gasteiger partial charge >= 0.3 is 0 Å². The number of nitrogens with two attached hydrogens (primary N) is 1. The Labute approximate surface area is 69.7 Å². The van der Waals surface area contributed by atoms with Crippen molar-refractivity contribution in [3.63, 3.8) is 0 Å². The average molecular weight is 153 g/mol. The Balaban J connectivity index is 2.35. The third-order valence-electron chi connectivity index (χ3n) is 2.88. The average Bonchev–Trinajstić information content (AvgIpc) is 2.36. The van der Waals surface area contributed by atoms with E-state index in [0.29, 0.717) is 0 Å². The molecule has 3 atom stereocenters. The van der Waals surface area contributed by atoms with Gasteiger partial charge in [0.25, 0.3) is 0 Å². The second-order valence-electron chi connectivity index (χ2n) is 3.74. The Hall–Kier alpha value is -0.300. The normalized spacial score (nSPS) is 32.6. The van der Waals surface area contributed by atoms with Crippen LogP contribution in [-0.2, 0) is 0 Å². The molecule has 64 valence electrons. The van der Waals surface area contributed by atoms with Crippen LogP contribution in [0.15, 0.2) is 12.2 Å². The lowest BCUT2D eigenvalue weighted by atomic mass is 9.83. The number of allylic oxidation sites excluding steroid dienone is 2. The molecule has 0 spiro atoms. The van der Waals surface area contributed by atoms with Crippen molar-refractivity contribution in [3.05, 3.63) is 12.2 Å². The maximum absolute atomic E-state index is 5.52. The summed E-state index contributed by atoms with van der Waals surface area (Å²) in [6.45, 7) is 5.46. The van der Waals surface area contributed by atoms with Crippen LogP contribution < -0.4 is 5.73 Å². The largest absolute Gasteiger partial charge is 0.330 e. The van der Waals surface area contributed by atoms with E-state index in [1.807, 2.05) is 0 Å². The van der Waals surface area contributed by atoms with Crippen molar-refractivity contribution >= 4 is 0 Å². The highest BCUT2D eigenvalue weighted by Gasteiger charge is 2.23. The minimum absolute atomic E-state index is 0.775. The third-order valence-corrected chi connectivity index (χ3v) is 2.88. The van der Waals surface area contributed by atoms with Crippen LogP contribution in [0.1, 0.15) is 26.7 Å². The van der Waals surface area contributed by atoms with Gasteiger partial charge in [0, 0.05) is 0 Å². The molecule has 0 heterocycles. The predicted molar refractivity (Wildman–Crippen MR) is 49.2 cm³/mol. The van der Waals surface area contributed by atoms with Gasteiger partial charge in [0.05, 0.1) is 0 Å². The highest BCUT2D eigenvalue weighted by atomic mass is 14.5. The number of hydrogen-bond acceptors (Lipinski definition) is 1. The van der Waals surface area contributed by atoms with E-state index in [9.17, 15) is 0 Å². The molecule has 2 N–H and O–H groups in total. The van der Waals surface area contributed by atoms with Gasteiger partial charge in [0.1, 0.15) is 0 Å². The SMILES string of the molecule is CC1C=CCC1C(C)CCN. The standard InChI is InChI=1S/C10H19N/c1-8-4-3-5-10(8)9(2)6-7-11/h3-4,8-10H,5-7,11H2,1-2H3. The third kappa shape index (κ3) is 2.06. The van der Waals surface area contributed by atoms with E-state index in [-0.39, 0.29) is 0 Å². The Morgan fingerprint density at radius 1 is 1.64 bits per heavy atom. The molecule has 1 aliphatic carbocycles. The second-order valence-corrected chi connectivity index (χ2v) is 3.74. The number of rotatable bonds is 3. The molecule has 0 saturated carbocycles. The van der Waals surface area contributed by atoms with Gasteiger partial charge in [0.2, 0.25) is 0 Å². The molecule has 0 saturated heterocycles. The lowest BCUT2D eigenvalue weighted by Gasteiger charge is -2.22. The van der Waals surface area contributed by atoms with E-state index in [1.54, 1.807) is 0 Å². The Morgan fingerprint density at radius 3 is 2.82 bits per heavy atom. The van der Waals surface area contributed by atoms with Crippen LogP contribution >= 0.6 is 0 Å². The zero-order valence-corrected chi connectivity index (χ0v) is 7.59. The summed E-state index contributed by atoms with van der Waals surface area (Å²) in [5, 5.41) is 0. The Bertz CT molecular complexity index is 140. The highest BCUT2D eigenvalue weighted by molar-refractivity contribution is 5.00. The minimum atomic E-state index is 0.775. The molecule has 0 bridgehead atoms. The van der Waals surface area contributed by atoms with Gasteiger partial charge in [-0.15, -0.1) is 0 Å². The van der Waals surface area contributed by atoms with Gasteiger partial charge in [-0.1, -0.05) is 26.0 Å². The van der Waals surface area contributed by atoms with E-state index in [0.717, 1.165) is 24.3 Å². The summed E-state index contributed by atoms with van der Waals surface area (Å²) in [6, 6.07) is 0. The molecule has 1 nitrogen and oxygen atoms in total. The van der Waals surface area contributed by atoms with Gasteiger partial charge in [-0.2, -0.15) is 0 Å². The summed E-state index contributed by atoms with van der Waals surface area (Å²) in [7, 11) is 0. The first-order chi connectivity index (χ1) is 5.25. The molecular weight excluding hydrogens is 134 g/mol. The van der Waals surface area contributed by atoms with Crippen molar-refractivity contribution in [1.29, 1.82) is 0 Å². The smallest absolute Gasteiger partial charge is 0.00746 e. The fourth-order valence-corrected chi connectivity index (χ4v) is 2.04. The quantitative estimate of drug-likeness (QED) is 0.618. The molecule has 3 unspecified atom stereocenters. The lowest BCUT2D eigenvalue weighted by Crippen LogP contribution is -2.18. The first kappa shape index (κ1) is 8.79. The van der Waals surface area contributed by atoms with Crippen LogP contribution in [0.5, 0.6) is 0 Å². The second kappa shape index (κ2) is 3.91. The van der Waals surface area contributed by atoms with Crippen molar-refractivity contribution in [2.24, 2.45) is 23.5 Å². The van der Waals surface area contributed by atoms with Crippen LogP contribution in [0.2, 0.25) is 0 Å². The summed E-state index contributed by atoms with van der Waals surface area (Å²) in [6.07, 6.45) is 7.08. The monoisotopic (exact) mass is 153 g/mol. The molecule has 1 heteroatoms. The molecule has 0 aromatic heterocycles. The first-order valence-electron chi connectivity index (χ1n) is 4.62. The fourth-order valence-electron chi connectivity index (χ4n) is 2.04. The molecule has 0 aliphatic heterocycles. The molecule has 0 fully saturated rings. The van der Waals surface area contributed by atoms with Crippen LogP contribution in [-0.4, -0.2) is 6.54 Å². The van der Waals surface area contributed by atoms with Crippen LogP contribution in [0.4, 0.5) is 0 Å². The van der Waals surface area contributed by atoms with Crippen molar-refractivity contribution in [3.8, 4) is 0 Å². The zero-order valence-electron chi connectivity index (χ0n) is 7.59. The predicted octanol–water partition coefficient (Wildman–Crippen LogP) is 2.18. The van der Waals surface area contributed by atoms with E-state index in [2.05, 4.69) is 26.0 Å². The van der Waals surface area contributed by atoms with E-state index >= 15 is 0 Å². The topological polar surface area (TPSA) is 26.0 Å². The Kier molecular flexibility index (Phi) is 3.13. The first-order valence-corrected chi connectivity index (χ1v) is 4.62. The van der Waals surface area contributed by atoms with Gasteiger partial charge in [-0.05, 0) is 37.1 Å². The highest BCUT2D eigenvalue weighted by Crippen LogP contribution is 2.32. The molecule has 0 aromatic carbocycles. The van der Waals surface area contributed by atoms with Crippen LogP contribution in [0.3, 0.4) is 0 Å². The van der Waals surface area contributed by atoms with E-state index in [1.165, 1.54) is 12.8 Å². The van der Waals surface area contributed by atoms with Crippen LogP contribution in [0.25, 0.3) is 0 Å². The summed E-state index contributed by atoms with van der Waals surface area (Å²) >= 11 is 0. The van der Waals surface area contributed by atoms with Gasteiger partial charge in [-0.25, -0.2) is 0 Å². The molecular formula is C10H19N. The van der Waals surface area contributed by atoms with Gasteiger partial charge in [0.15, 0.2) is 0 Å². The summed E-state index contributed by atoms with van der Waals surface area (Å²) < 4.78 is 0. The molecule has 0 amide bonds. The van der Waals surface area contributed by atoms with E-state index < -0.39 is 0 Å². The van der Waals surface area contributed by atoms with Crippen molar-refractivity contribution in [1.82, 2.24) is 0 Å². The maximum Gasteiger partial charge on any atom is -0.00746 e. The maximum atomic E-state index is 5.52. The Morgan fingerprint density at radius 2 is 2.36 bits per heavy atom. The molecule has 0 aromatic rings. The van der Waals surface area contributed by atoms with Crippen molar-refractivity contribution in [2.75, 3.05) is 6.54 Å². The van der Waals surface area contributed by atoms with Crippen molar-refractivity contribution < 1.29 is 0 Å². The molecule has 1 aliphatic rings. The summed E-state index contributed by atoms with van der Waals surface area (Å²) in [5.41, 5.74) is 5.52. The van der Waals surface area contributed by atoms with E-state index in [4.69, 9.17) is 5.73 Å². The van der Waals surface area contributed by atoms with Crippen molar-refractivity contribution in [2.45, 2.75) is 26.7 Å². The minimum Gasteiger partial charge on any atom is -0.330 e. The lowest BCUT2D eigenvalue weighted by molar-refractivity contribution is 0.300. The van der Waals surface area contributed by atoms with Gasteiger partial charge in [-0.3, -0.25) is 0 Å². The zero-order chi connectivity index (χ0) is 8.27. The fraction of sp³-hybridized carbons (Fsp3) is 0.800. The summed E-state index contributed by atoms with van der Waals surface area (Å²) in [4.78, 5) is 0. The molecule has 1 rings (SSSR count). The number of hydrogen-bond donors (Lipinski definition) is 1.